The molecule has 2 aromatic rings. The molecule has 0 bridgehead atoms. The lowest BCUT2D eigenvalue weighted by molar-refractivity contribution is 0.0690. The number of rotatable bonds is 2. The van der Waals surface area contributed by atoms with E-state index in [-0.39, 0.29) is 22.8 Å². The second kappa shape index (κ2) is 4.35. The van der Waals surface area contributed by atoms with Crippen molar-refractivity contribution >= 4 is 23.1 Å². The van der Waals surface area contributed by atoms with E-state index in [9.17, 15) is 9.59 Å². The van der Waals surface area contributed by atoms with Gasteiger partial charge >= 0.3 is 5.97 Å². The number of furan rings is 1. The summed E-state index contributed by atoms with van der Waals surface area (Å²) in [6.07, 6.45) is 0.947. The van der Waals surface area contributed by atoms with Gasteiger partial charge in [0.05, 0.1) is 5.56 Å². The van der Waals surface area contributed by atoms with Crippen LogP contribution in [0.2, 0.25) is 0 Å². The normalized spacial score (nSPS) is 18.4. The number of hydrogen-bond donors (Lipinski definition) is 1. The summed E-state index contributed by atoms with van der Waals surface area (Å²) in [4.78, 5) is 24.6. The van der Waals surface area contributed by atoms with Gasteiger partial charge in [0.25, 0.3) is 0 Å². The molecule has 0 saturated carbocycles. The van der Waals surface area contributed by atoms with Gasteiger partial charge in [-0.05, 0) is 18.4 Å². The smallest absolute Gasteiger partial charge is 0.340 e. The molecule has 2 heterocycles. The number of aromatic carboxylic acids is 1. The number of carbonyl (C=O) groups excluding carboxylic acids is 1. The Kier molecular flexibility index (Phi) is 2.78. The zero-order valence-electron chi connectivity index (χ0n) is 10.3. The Labute approximate surface area is 113 Å². The maximum Gasteiger partial charge on any atom is 0.340 e. The number of fused-ring (bicyclic) bond motifs is 1. The van der Waals surface area contributed by atoms with Crippen LogP contribution in [-0.2, 0) is 6.42 Å². The van der Waals surface area contributed by atoms with E-state index in [0.717, 1.165) is 4.88 Å². The van der Waals surface area contributed by atoms with Crippen LogP contribution in [0, 0.1) is 6.92 Å². The SMILES string of the molecule is Cc1oc2c(c1C(=O)O)C(=O)C[C@@H](c1cccs1)C2. The van der Waals surface area contributed by atoms with Gasteiger partial charge in [0.15, 0.2) is 5.78 Å². The monoisotopic (exact) mass is 276 g/mol. The second-order valence-corrected chi connectivity index (χ2v) is 5.66. The molecule has 0 radical (unpaired) electrons. The Balaban J connectivity index is 2.05. The second-order valence-electron chi connectivity index (χ2n) is 4.68. The summed E-state index contributed by atoms with van der Waals surface area (Å²) >= 11 is 1.61. The lowest BCUT2D eigenvalue weighted by Gasteiger charge is -2.19. The number of carboxylic acid groups (broad SMARTS) is 1. The van der Waals surface area contributed by atoms with Crippen LogP contribution < -0.4 is 0 Å². The van der Waals surface area contributed by atoms with Crippen LogP contribution >= 0.6 is 11.3 Å². The van der Waals surface area contributed by atoms with Gasteiger partial charge in [-0.3, -0.25) is 4.79 Å². The summed E-state index contributed by atoms with van der Waals surface area (Å²) < 4.78 is 5.50. The van der Waals surface area contributed by atoms with Gasteiger partial charge in [-0.15, -0.1) is 11.3 Å². The Morgan fingerprint density at radius 3 is 2.89 bits per heavy atom. The highest BCUT2D eigenvalue weighted by molar-refractivity contribution is 7.10. The molecule has 0 aliphatic heterocycles. The molecule has 4 nitrogen and oxygen atoms in total. The predicted molar refractivity (Wildman–Crippen MR) is 70.1 cm³/mol. The molecule has 0 aromatic carbocycles. The fourth-order valence-corrected chi connectivity index (χ4v) is 3.48. The average molecular weight is 276 g/mol. The summed E-state index contributed by atoms with van der Waals surface area (Å²) in [6.45, 7) is 1.59. The van der Waals surface area contributed by atoms with Crippen LogP contribution in [-0.4, -0.2) is 16.9 Å². The van der Waals surface area contributed by atoms with Crippen LogP contribution in [0.25, 0.3) is 0 Å². The van der Waals surface area contributed by atoms with Gasteiger partial charge in [0.2, 0.25) is 0 Å². The van der Waals surface area contributed by atoms with Crippen molar-refractivity contribution in [3.8, 4) is 0 Å². The lowest BCUT2D eigenvalue weighted by Crippen LogP contribution is -2.19. The highest BCUT2D eigenvalue weighted by Gasteiger charge is 2.35. The number of Topliss-reactive ketones (excluding diaryl/α,β-unsaturated/α-hetero) is 1. The number of ketones is 1. The van der Waals surface area contributed by atoms with E-state index in [0.29, 0.717) is 24.4 Å². The van der Waals surface area contributed by atoms with E-state index in [1.165, 1.54) is 0 Å². The molecule has 0 amide bonds. The van der Waals surface area contributed by atoms with Gasteiger partial charge in [-0.25, -0.2) is 4.79 Å². The van der Waals surface area contributed by atoms with Gasteiger partial charge in [0.1, 0.15) is 17.1 Å². The van der Waals surface area contributed by atoms with Crippen molar-refractivity contribution in [2.24, 2.45) is 0 Å². The van der Waals surface area contributed by atoms with Crippen molar-refractivity contribution in [3.05, 3.63) is 45.0 Å². The highest BCUT2D eigenvalue weighted by Crippen LogP contribution is 2.38. The topological polar surface area (TPSA) is 67.5 Å². The van der Waals surface area contributed by atoms with Crippen LogP contribution in [0.3, 0.4) is 0 Å². The molecule has 1 N–H and O–H groups in total. The van der Waals surface area contributed by atoms with Gasteiger partial charge < -0.3 is 9.52 Å². The van der Waals surface area contributed by atoms with Crippen molar-refractivity contribution in [1.82, 2.24) is 0 Å². The summed E-state index contributed by atoms with van der Waals surface area (Å²) in [5.41, 5.74) is 0.308. The Bertz CT molecular complexity index is 651. The zero-order valence-corrected chi connectivity index (χ0v) is 11.1. The summed E-state index contributed by atoms with van der Waals surface area (Å²) in [6, 6.07) is 3.96. The molecule has 0 spiro atoms. The number of thiophene rings is 1. The van der Waals surface area contributed by atoms with Gasteiger partial charge in [0, 0.05) is 23.6 Å². The van der Waals surface area contributed by atoms with Crippen molar-refractivity contribution in [2.45, 2.75) is 25.7 Å². The third-order valence-corrected chi connectivity index (χ3v) is 4.49. The number of carbonyl (C=O) groups is 2. The van der Waals surface area contributed by atoms with E-state index in [1.54, 1.807) is 18.3 Å². The molecule has 1 aliphatic rings. The minimum Gasteiger partial charge on any atom is -0.478 e. The fourth-order valence-electron chi connectivity index (χ4n) is 2.65. The number of carboxylic acids is 1. The molecule has 5 heteroatoms. The summed E-state index contributed by atoms with van der Waals surface area (Å²) in [5, 5.41) is 11.1. The first-order chi connectivity index (χ1) is 9.08. The van der Waals surface area contributed by atoms with Gasteiger partial charge in [-0.2, -0.15) is 0 Å². The molecule has 3 rings (SSSR count). The van der Waals surface area contributed by atoms with E-state index < -0.39 is 5.97 Å². The third-order valence-electron chi connectivity index (χ3n) is 3.46. The predicted octanol–water partition coefficient (Wildman–Crippen LogP) is 3.26. The minimum atomic E-state index is -1.09. The standard InChI is InChI=1S/C14H12O4S/c1-7-12(14(16)17)13-9(15)5-8(6-10(13)18-7)11-3-2-4-19-11/h2-4,8H,5-6H2,1H3,(H,16,17)/t8-/m1/s1. The Morgan fingerprint density at radius 2 is 2.26 bits per heavy atom. The van der Waals surface area contributed by atoms with Crippen LogP contribution in [0.5, 0.6) is 0 Å². The summed E-state index contributed by atoms with van der Waals surface area (Å²) in [5.74, 6) is -0.284. The first-order valence-electron chi connectivity index (χ1n) is 6.00. The molecule has 98 valence electrons. The van der Waals surface area contributed by atoms with E-state index in [2.05, 4.69) is 0 Å². The van der Waals surface area contributed by atoms with E-state index >= 15 is 0 Å². The first-order valence-corrected chi connectivity index (χ1v) is 6.88. The largest absolute Gasteiger partial charge is 0.478 e. The molecule has 0 saturated heterocycles. The van der Waals surface area contributed by atoms with Gasteiger partial charge in [-0.1, -0.05) is 6.07 Å². The summed E-state index contributed by atoms with van der Waals surface area (Å²) in [7, 11) is 0. The van der Waals surface area contributed by atoms with Crippen LogP contribution in [0.4, 0.5) is 0 Å². The molecular formula is C14H12O4S. The maximum atomic E-state index is 12.2. The third kappa shape index (κ3) is 1.90. The van der Waals surface area contributed by atoms with Crippen molar-refractivity contribution in [1.29, 1.82) is 0 Å². The molecule has 2 aromatic heterocycles. The van der Waals surface area contributed by atoms with Crippen molar-refractivity contribution in [2.75, 3.05) is 0 Å². The molecule has 19 heavy (non-hydrogen) atoms. The lowest BCUT2D eigenvalue weighted by atomic mass is 9.84. The molecule has 0 fully saturated rings. The van der Waals surface area contributed by atoms with E-state index in [1.807, 2.05) is 17.5 Å². The highest BCUT2D eigenvalue weighted by atomic mass is 32.1. The number of aryl methyl sites for hydroxylation is 1. The van der Waals surface area contributed by atoms with Crippen LogP contribution in [0.1, 0.15) is 49.5 Å². The molecular weight excluding hydrogens is 264 g/mol. The Morgan fingerprint density at radius 1 is 1.47 bits per heavy atom. The van der Waals surface area contributed by atoms with Crippen molar-refractivity contribution < 1.29 is 19.1 Å². The average Bonchev–Trinajstić information content (AvgIpc) is 2.94. The first kappa shape index (κ1) is 12.2. The minimum absolute atomic E-state index is 0.0321. The quantitative estimate of drug-likeness (QED) is 0.914. The van der Waals surface area contributed by atoms with Crippen LogP contribution in [0.15, 0.2) is 21.9 Å². The molecule has 0 unspecified atom stereocenters. The maximum absolute atomic E-state index is 12.2. The van der Waals surface area contributed by atoms with E-state index in [4.69, 9.17) is 9.52 Å². The Hall–Kier alpha value is -1.88. The molecule has 1 aliphatic carbocycles. The number of hydrogen-bond acceptors (Lipinski definition) is 4. The van der Waals surface area contributed by atoms with Crippen molar-refractivity contribution in [3.63, 3.8) is 0 Å². The zero-order chi connectivity index (χ0) is 13.6. The fraction of sp³-hybridized carbons (Fsp3) is 0.286. The molecule has 1 atom stereocenters.